The summed E-state index contributed by atoms with van der Waals surface area (Å²) in [6.07, 6.45) is 1.64. The van der Waals surface area contributed by atoms with Crippen LogP contribution in [0, 0.1) is 0 Å². The second-order valence-corrected chi connectivity index (χ2v) is 8.42. The van der Waals surface area contributed by atoms with Gasteiger partial charge in [0.05, 0.1) is 38.1 Å². The lowest BCUT2D eigenvalue weighted by Gasteiger charge is -2.31. The van der Waals surface area contributed by atoms with E-state index in [9.17, 15) is 4.79 Å². The zero-order valence-corrected chi connectivity index (χ0v) is 19.0. The molecule has 0 unspecified atom stereocenters. The Bertz CT molecular complexity index is 1170. The first-order valence-corrected chi connectivity index (χ1v) is 11.4. The number of furan rings is 1. The van der Waals surface area contributed by atoms with Gasteiger partial charge >= 0.3 is 0 Å². The number of fused-ring (bicyclic) bond motifs is 2. The molecule has 33 heavy (non-hydrogen) atoms. The Labute approximate surface area is 196 Å². The number of nitrogens with one attached hydrogen (secondary N) is 2. The van der Waals surface area contributed by atoms with Crippen LogP contribution in [0.25, 0.3) is 10.9 Å². The molecule has 2 aliphatic heterocycles. The summed E-state index contributed by atoms with van der Waals surface area (Å²) in [6.45, 7) is 5.83. The summed E-state index contributed by atoms with van der Waals surface area (Å²) in [5, 5.41) is 4.71. The van der Waals surface area contributed by atoms with Crippen LogP contribution in [0.3, 0.4) is 0 Å². The lowest BCUT2D eigenvalue weighted by molar-refractivity contribution is 0.0357. The average Bonchev–Trinajstić information content (AvgIpc) is 3.51. The number of aromatic nitrogens is 1. The topological polar surface area (TPSA) is 92.2 Å². The average molecular weight is 471 g/mol. The maximum absolute atomic E-state index is 12.9. The highest BCUT2D eigenvalue weighted by Crippen LogP contribution is 2.35. The Morgan fingerprint density at radius 1 is 1.18 bits per heavy atom. The summed E-state index contributed by atoms with van der Waals surface area (Å²) in [6, 6.07) is 9.33. The monoisotopic (exact) mass is 470 g/mol. The number of H-pyrrole nitrogens is 1. The Morgan fingerprint density at radius 2 is 2.00 bits per heavy atom. The third-order valence-corrected chi connectivity index (χ3v) is 6.25. The summed E-state index contributed by atoms with van der Waals surface area (Å²) in [7, 11) is 0. The van der Waals surface area contributed by atoms with E-state index in [2.05, 4.69) is 15.2 Å². The van der Waals surface area contributed by atoms with Crippen LogP contribution in [0.4, 0.5) is 0 Å². The van der Waals surface area contributed by atoms with Gasteiger partial charge in [-0.2, -0.15) is 0 Å². The highest BCUT2D eigenvalue weighted by atomic mass is 32.1. The molecule has 9 nitrogen and oxygen atoms in total. The SMILES string of the molecule is O=c1[nH]c2cc3c(cc2cc1CN(CCN1CCOCC1)C(=S)NCc1ccco1)OCO3. The number of hydrogen-bond acceptors (Lipinski definition) is 7. The van der Waals surface area contributed by atoms with E-state index < -0.39 is 0 Å². The van der Waals surface area contributed by atoms with Crippen LogP contribution in [0.1, 0.15) is 11.3 Å². The number of thiocarbonyl (C=S) groups is 1. The van der Waals surface area contributed by atoms with E-state index in [1.165, 1.54) is 0 Å². The lowest BCUT2D eigenvalue weighted by atomic mass is 10.1. The van der Waals surface area contributed by atoms with Gasteiger partial charge in [-0.1, -0.05) is 0 Å². The fourth-order valence-corrected chi connectivity index (χ4v) is 4.22. The summed E-state index contributed by atoms with van der Waals surface area (Å²) >= 11 is 5.70. The number of rotatable bonds is 7. The van der Waals surface area contributed by atoms with Crippen LogP contribution in [-0.4, -0.2) is 66.1 Å². The predicted molar refractivity (Wildman–Crippen MR) is 127 cm³/mol. The zero-order valence-electron chi connectivity index (χ0n) is 18.2. The molecule has 1 fully saturated rings. The minimum atomic E-state index is -0.147. The molecule has 0 saturated carbocycles. The van der Waals surface area contributed by atoms with Gasteiger partial charge in [-0.05, 0) is 36.5 Å². The van der Waals surface area contributed by atoms with Gasteiger partial charge in [-0.3, -0.25) is 9.69 Å². The van der Waals surface area contributed by atoms with Gasteiger partial charge in [0.25, 0.3) is 5.56 Å². The van der Waals surface area contributed by atoms with E-state index in [4.69, 9.17) is 30.8 Å². The van der Waals surface area contributed by atoms with Crippen LogP contribution in [0.5, 0.6) is 11.5 Å². The fourth-order valence-electron chi connectivity index (χ4n) is 3.99. The van der Waals surface area contributed by atoms with Crippen molar-refractivity contribution in [1.29, 1.82) is 0 Å². The van der Waals surface area contributed by atoms with Gasteiger partial charge in [-0.15, -0.1) is 0 Å². The van der Waals surface area contributed by atoms with Crippen LogP contribution >= 0.6 is 12.2 Å². The molecule has 3 aromatic rings. The Kier molecular flexibility index (Phi) is 6.47. The number of hydrogen-bond donors (Lipinski definition) is 2. The maximum atomic E-state index is 12.9. The van der Waals surface area contributed by atoms with Crippen molar-refractivity contribution < 1.29 is 18.6 Å². The number of ether oxygens (including phenoxy) is 3. The first-order chi connectivity index (χ1) is 16.2. The molecule has 0 spiro atoms. The van der Waals surface area contributed by atoms with E-state index in [0.29, 0.717) is 47.3 Å². The smallest absolute Gasteiger partial charge is 0.253 e. The van der Waals surface area contributed by atoms with Crippen molar-refractivity contribution in [1.82, 2.24) is 20.1 Å². The van der Waals surface area contributed by atoms with Crippen molar-refractivity contribution in [3.05, 3.63) is 58.3 Å². The first-order valence-electron chi connectivity index (χ1n) is 11.0. The number of pyridine rings is 1. The quantitative estimate of drug-likeness (QED) is 0.504. The molecule has 0 aliphatic carbocycles. The normalized spacial score (nSPS) is 15.6. The molecule has 2 aromatic heterocycles. The molecule has 5 rings (SSSR count). The molecule has 4 heterocycles. The lowest BCUT2D eigenvalue weighted by Crippen LogP contribution is -2.46. The Balaban J connectivity index is 1.34. The standard InChI is InChI=1S/C23H26N4O5S/c28-22-17(10-16-11-20-21(32-15-31-20)12-19(16)25-22)14-27(4-3-26-5-8-29-9-6-26)23(33)24-13-18-2-1-7-30-18/h1-2,7,10-12H,3-6,8-9,13-15H2,(H,24,33)(H,25,28). The molecule has 2 N–H and O–H groups in total. The molecule has 0 radical (unpaired) electrons. The van der Waals surface area contributed by atoms with Crippen molar-refractivity contribution >= 4 is 28.2 Å². The van der Waals surface area contributed by atoms with Gasteiger partial charge in [0, 0.05) is 43.2 Å². The second kappa shape index (κ2) is 9.82. The molecule has 1 aromatic carbocycles. The van der Waals surface area contributed by atoms with Gasteiger partial charge in [0.15, 0.2) is 16.6 Å². The van der Waals surface area contributed by atoms with Gasteiger partial charge in [0.1, 0.15) is 5.76 Å². The van der Waals surface area contributed by atoms with E-state index in [0.717, 1.165) is 44.0 Å². The first kappa shape index (κ1) is 21.7. The van der Waals surface area contributed by atoms with E-state index in [1.54, 1.807) is 12.3 Å². The van der Waals surface area contributed by atoms with Crippen molar-refractivity contribution in [2.75, 3.05) is 46.2 Å². The number of morpholine rings is 1. The molecular weight excluding hydrogens is 444 g/mol. The van der Waals surface area contributed by atoms with E-state index in [-0.39, 0.29) is 12.4 Å². The predicted octanol–water partition coefficient (Wildman–Crippen LogP) is 2.06. The van der Waals surface area contributed by atoms with Crippen molar-refractivity contribution in [3.63, 3.8) is 0 Å². The third-order valence-electron chi connectivity index (χ3n) is 5.85. The maximum Gasteiger partial charge on any atom is 0.253 e. The number of aromatic amines is 1. The van der Waals surface area contributed by atoms with E-state index in [1.807, 2.05) is 29.2 Å². The van der Waals surface area contributed by atoms with Gasteiger partial charge < -0.3 is 33.8 Å². The van der Waals surface area contributed by atoms with Crippen LogP contribution in [0.15, 0.2) is 45.8 Å². The molecule has 0 amide bonds. The highest BCUT2D eigenvalue weighted by Gasteiger charge is 2.19. The molecule has 0 bridgehead atoms. The van der Waals surface area contributed by atoms with Gasteiger partial charge in [0.2, 0.25) is 6.79 Å². The summed E-state index contributed by atoms with van der Waals surface area (Å²) < 4.78 is 21.8. The molecule has 1 saturated heterocycles. The minimum absolute atomic E-state index is 0.147. The number of benzene rings is 1. The molecule has 0 atom stereocenters. The summed E-state index contributed by atoms with van der Waals surface area (Å²) in [5.41, 5.74) is 1.20. The largest absolute Gasteiger partial charge is 0.467 e. The summed E-state index contributed by atoms with van der Waals surface area (Å²) in [4.78, 5) is 20.2. The third kappa shape index (κ3) is 5.13. The highest BCUT2D eigenvalue weighted by molar-refractivity contribution is 7.80. The van der Waals surface area contributed by atoms with Crippen LogP contribution in [-0.2, 0) is 17.8 Å². The summed E-state index contributed by atoms with van der Waals surface area (Å²) in [5.74, 6) is 2.12. The fraction of sp³-hybridized carbons (Fsp3) is 0.391. The molecular formula is C23H26N4O5S. The Morgan fingerprint density at radius 3 is 2.79 bits per heavy atom. The van der Waals surface area contributed by atoms with Crippen molar-refractivity contribution in [3.8, 4) is 11.5 Å². The Hall–Kier alpha value is -3.08. The van der Waals surface area contributed by atoms with Crippen LogP contribution < -0.4 is 20.3 Å². The molecule has 10 heteroatoms. The molecule has 2 aliphatic rings. The van der Waals surface area contributed by atoms with Crippen LogP contribution in [0.2, 0.25) is 0 Å². The molecule has 174 valence electrons. The van der Waals surface area contributed by atoms with Crippen molar-refractivity contribution in [2.24, 2.45) is 0 Å². The minimum Gasteiger partial charge on any atom is -0.467 e. The second-order valence-electron chi connectivity index (χ2n) is 8.03. The zero-order chi connectivity index (χ0) is 22.6. The number of nitrogens with zero attached hydrogens (tertiary/aromatic N) is 2. The van der Waals surface area contributed by atoms with E-state index >= 15 is 0 Å². The van der Waals surface area contributed by atoms with Crippen molar-refractivity contribution in [2.45, 2.75) is 13.1 Å². The van der Waals surface area contributed by atoms with Gasteiger partial charge in [-0.25, -0.2) is 0 Å².